The van der Waals surface area contributed by atoms with Crippen LogP contribution in [0.4, 0.5) is 4.79 Å². The van der Waals surface area contributed by atoms with Gasteiger partial charge in [-0.3, -0.25) is 4.79 Å². The van der Waals surface area contributed by atoms with Crippen LogP contribution < -0.4 is 10.6 Å². The molecule has 0 aromatic heterocycles. The van der Waals surface area contributed by atoms with E-state index in [1.807, 2.05) is 19.0 Å². The predicted octanol–water partition coefficient (Wildman–Crippen LogP) is 1.56. The number of hydrogen-bond acceptors (Lipinski definition) is 3. The Morgan fingerprint density at radius 1 is 1.04 bits per heavy atom. The number of hydrogen-bond donors (Lipinski definition) is 2. The topological polar surface area (TPSA) is 64.7 Å². The molecular formula is C17H32N4O2. The monoisotopic (exact) mass is 324 g/mol. The molecule has 1 saturated carbocycles. The molecule has 1 heterocycles. The molecule has 0 aromatic carbocycles. The van der Waals surface area contributed by atoms with Crippen LogP contribution in [-0.4, -0.2) is 67.6 Å². The van der Waals surface area contributed by atoms with Gasteiger partial charge in [0.2, 0.25) is 5.91 Å². The van der Waals surface area contributed by atoms with Crippen LogP contribution in [0.5, 0.6) is 0 Å². The van der Waals surface area contributed by atoms with Crippen molar-refractivity contribution in [3.8, 4) is 0 Å². The van der Waals surface area contributed by atoms with Crippen LogP contribution >= 0.6 is 0 Å². The highest BCUT2D eigenvalue weighted by Gasteiger charge is 2.27. The van der Waals surface area contributed by atoms with Crippen molar-refractivity contribution in [3.63, 3.8) is 0 Å². The molecule has 23 heavy (non-hydrogen) atoms. The first kappa shape index (κ1) is 18.0. The summed E-state index contributed by atoms with van der Waals surface area (Å²) < 4.78 is 0. The molecule has 1 atom stereocenters. The zero-order chi connectivity index (χ0) is 16.7. The first-order valence-electron chi connectivity index (χ1n) is 9.05. The van der Waals surface area contributed by atoms with Gasteiger partial charge in [-0.2, -0.15) is 0 Å². The Balaban J connectivity index is 1.74. The summed E-state index contributed by atoms with van der Waals surface area (Å²) in [4.78, 5) is 28.5. The fourth-order valence-electron chi connectivity index (χ4n) is 3.68. The van der Waals surface area contributed by atoms with Crippen LogP contribution in [-0.2, 0) is 4.79 Å². The molecule has 0 unspecified atom stereocenters. The molecule has 3 amide bonds. The molecule has 0 bridgehead atoms. The van der Waals surface area contributed by atoms with Crippen molar-refractivity contribution in [3.05, 3.63) is 0 Å². The van der Waals surface area contributed by atoms with Gasteiger partial charge in [0.1, 0.15) is 0 Å². The molecule has 6 heteroatoms. The number of amides is 3. The van der Waals surface area contributed by atoms with E-state index in [-0.39, 0.29) is 30.6 Å². The van der Waals surface area contributed by atoms with E-state index in [4.69, 9.17) is 0 Å². The van der Waals surface area contributed by atoms with Crippen LogP contribution in [0.3, 0.4) is 0 Å². The van der Waals surface area contributed by atoms with Gasteiger partial charge in [-0.1, -0.05) is 19.3 Å². The average molecular weight is 324 g/mol. The Morgan fingerprint density at radius 2 is 1.74 bits per heavy atom. The second-order valence-electron chi connectivity index (χ2n) is 7.16. The number of rotatable bonds is 5. The van der Waals surface area contributed by atoms with Gasteiger partial charge in [0, 0.05) is 25.2 Å². The number of carbonyl (C=O) groups is 2. The number of likely N-dealkylation sites (tertiary alicyclic amines) is 1. The number of nitrogens with one attached hydrogen (secondary N) is 2. The second-order valence-corrected chi connectivity index (χ2v) is 7.16. The third-order valence-corrected chi connectivity index (χ3v) is 4.86. The minimum atomic E-state index is -0.202. The maximum Gasteiger partial charge on any atom is 0.315 e. The Labute approximate surface area is 140 Å². The molecule has 1 saturated heterocycles. The van der Waals surface area contributed by atoms with Gasteiger partial charge in [0.15, 0.2) is 0 Å². The fraction of sp³-hybridized carbons (Fsp3) is 0.882. The fourth-order valence-corrected chi connectivity index (χ4v) is 3.68. The lowest BCUT2D eigenvalue weighted by Gasteiger charge is -2.37. The Kier molecular flexibility index (Phi) is 7.15. The van der Waals surface area contributed by atoms with E-state index in [0.717, 1.165) is 38.8 Å². The largest absolute Gasteiger partial charge is 0.337 e. The highest BCUT2D eigenvalue weighted by molar-refractivity contribution is 5.84. The van der Waals surface area contributed by atoms with E-state index in [2.05, 4.69) is 15.5 Å². The molecule has 1 aliphatic carbocycles. The Morgan fingerprint density at radius 3 is 2.43 bits per heavy atom. The predicted molar refractivity (Wildman–Crippen MR) is 91.3 cm³/mol. The molecule has 2 aliphatic rings. The van der Waals surface area contributed by atoms with E-state index in [9.17, 15) is 9.59 Å². The summed E-state index contributed by atoms with van der Waals surface area (Å²) in [6.07, 6.45) is 9.03. The molecule has 2 rings (SSSR count). The smallest absolute Gasteiger partial charge is 0.315 e. The minimum Gasteiger partial charge on any atom is -0.337 e. The molecule has 132 valence electrons. The summed E-state index contributed by atoms with van der Waals surface area (Å²) in [7, 11) is 4.07. The third kappa shape index (κ3) is 6.01. The summed E-state index contributed by atoms with van der Waals surface area (Å²) in [6, 6.07) is 0.344. The number of nitrogens with zero attached hydrogens (tertiary/aromatic N) is 2. The summed E-state index contributed by atoms with van der Waals surface area (Å²) in [5, 5.41) is 5.74. The van der Waals surface area contributed by atoms with Crippen LogP contribution in [0.25, 0.3) is 0 Å². The summed E-state index contributed by atoms with van der Waals surface area (Å²) in [5.41, 5.74) is 0. The van der Waals surface area contributed by atoms with Gasteiger partial charge in [-0.15, -0.1) is 0 Å². The van der Waals surface area contributed by atoms with E-state index < -0.39 is 0 Å². The molecule has 2 N–H and O–H groups in total. The zero-order valence-corrected chi connectivity index (χ0v) is 14.6. The molecule has 2 fully saturated rings. The van der Waals surface area contributed by atoms with Crippen LogP contribution in [0.2, 0.25) is 0 Å². The lowest BCUT2D eigenvalue weighted by Crippen LogP contribution is -2.52. The van der Waals surface area contributed by atoms with Crippen molar-refractivity contribution in [1.29, 1.82) is 0 Å². The Bertz CT molecular complexity index is 394. The highest BCUT2D eigenvalue weighted by atomic mass is 16.2. The van der Waals surface area contributed by atoms with Crippen molar-refractivity contribution in [1.82, 2.24) is 20.4 Å². The van der Waals surface area contributed by atoms with Crippen molar-refractivity contribution in [2.45, 2.75) is 63.5 Å². The van der Waals surface area contributed by atoms with Gasteiger partial charge in [-0.05, 0) is 46.2 Å². The standard InChI is InChI=1S/C17H32N4O2/c1-20(2)13-15-10-6-7-11-21(15)16(22)12-18-17(23)19-14-8-4-3-5-9-14/h14-15H,3-13H2,1-2H3,(H2,18,19,23)/t15-/m1/s1. The third-order valence-electron chi connectivity index (χ3n) is 4.86. The molecule has 6 nitrogen and oxygen atoms in total. The first-order valence-corrected chi connectivity index (χ1v) is 9.05. The SMILES string of the molecule is CN(C)C[C@H]1CCCCN1C(=O)CNC(=O)NC1CCCCC1. The molecule has 0 spiro atoms. The molecule has 0 aromatic rings. The maximum atomic E-state index is 12.5. The van der Waals surface area contributed by atoms with E-state index in [1.54, 1.807) is 0 Å². The van der Waals surface area contributed by atoms with E-state index in [1.165, 1.54) is 25.7 Å². The summed E-state index contributed by atoms with van der Waals surface area (Å²) in [5.74, 6) is 0.0374. The second kappa shape index (κ2) is 9.11. The number of carbonyl (C=O) groups excluding carboxylic acids is 2. The number of piperidine rings is 1. The first-order chi connectivity index (χ1) is 11.1. The van der Waals surface area contributed by atoms with Crippen molar-refractivity contribution in [2.75, 3.05) is 33.7 Å². The zero-order valence-electron chi connectivity index (χ0n) is 14.6. The summed E-state index contributed by atoms with van der Waals surface area (Å²) >= 11 is 0. The average Bonchev–Trinajstić information content (AvgIpc) is 2.53. The molecule has 1 aliphatic heterocycles. The van der Waals surface area contributed by atoms with Crippen molar-refractivity contribution < 1.29 is 9.59 Å². The van der Waals surface area contributed by atoms with Gasteiger partial charge < -0.3 is 20.4 Å². The van der Waals surface area contributed by atoms with E-state index >= 15 is 0 Å². The van der Waals surface area contributed by atoms with Crippen LogP contribution in [0.15, 0.2) is 0 Å². The maximum absolute atomic E-state index is 12.5. The summed E-state index contributed by atoms with van der Waals surface area (Å²) in [6.45, 7) is 1.80. The van der Waals surface area contributed by atoms with Crippen LogP contribution in [0, 0.1) is 0 Å². The van der Waals surface area contributed by atoms with Crippen LogP contribution in [0.1, 0.15) is 51.4 Å². The van der Waals surface area contributed by atoms with Gasteiger partial charge >= 0.3 is 6.03 Å². The number of urea groups is 1. The normalized spacial score (nSPS) is 22.9. The minimum absolute atomic E-state index is 0.0374. The quantitative estimate of drug-likeness (QED) is 0.807. The molecular weight excluding hydrogens is 292 g/mol. The Hall–Kier alpha value is -1.30. The van der Waals surface area contributed by atoms with E-state index in [0.29, 0.717) is 0 Å². The lowest BCUT2D eigenvalue weighted by molar-refractivity contribution is -0.134. The van der Waals surface area contributed by atoms with Gasteiger partial charge in [0.05, 0.1) is 6.54 Å². The van der Waals surface area contributed by atoms with Crippen molar-refractivity contribution in [2.24, 2.45) is 0 Å². The van der Waals surface area contributed by atoms with Gasteiger partial charge in [-0.25, -0.2) is 4.79 Å². The highest BCUT2D eigenvalue weighted by Crippen LogP contribution is 2.18. The molecule has 0 radical (unpaired) electrons. The van der Waals surface area contributed by atoms with Gasteiger partial charge in [0.25, 0.3) is 0 Å². The number of likely N-dealkylation sites (N-methyl/N-ethyl adjacent to an activating group) is 1. The van der Waals surface area contributed by atoms with Crippen molar-refractivity contribution >= 4 is 11.9 Å². The lowest BCUT2D eigenvalue weighted by atomic mass is 9.96.